The summed E-state index contributed by atoms with van der Waals surface area (Å²) in [6, 6.07) is 9.19. The SMILES string of the molecule is Cc1cc(/C=C2\C(=O)NC(=O)N(c3cccc(Br)c3)C2=O)cc(C)c1O. The van der Waals surface area contributed by atoms with Crippen LogP contribution in [0, 0.1) is 13.8 Å². The van der Waals surface area contributed by atoms with E-state index < -0.39 is 17.8 Å². The molecule has 26 heavy (non-hydrogen) atoms. The lowest BCUT2D eigenvalue weighted by Crippen LogP contribution is -2.54. The van der Waals surface area contributed by atoms with Gasteiger partial charge in [0.25, 0.3) is 11.8 Å². The van der Waals surface area contributed by atoms with Gasteiger partial charge >= 0.3 is 6.03 Å². The van der Waals surface area contributed by atoms with Crippen LogP contribution in [0.2, 0.25) is 0 Å². The van der Waals surface area contributed by atoms with Crippen LogP contribution in [0.1, 0.15) is 16.7 Å². The van der Waals surface area contributed by atoms with Crippen LogP contribution in [0.25, 0.3) is 6.08 Å². The smallest absolute Gasteiger partial charge is 0.335 e. The first kappa shape index (κ1) is 17.9. The molecule has 2 N–H and O–H groups in total. The Hall–Kier alpha value is -2.93. The molecule has 3 rings (SSSR count). The maximum atomic E-state index is 12.8. The second-order valence-electron chi connectivity index (χ2n) is 5.94. The summed E-state index contributed by atoms with van der Waals surface area (Å²) >= 11 is 3.30. The zero-order chi connectivity index (χ0) is 19.0. The summed E-state index contributed by atoms with van der Waals surface area (Å²) < 4.78 is 0.697. The summed E-state index contributed by atoms with van der Waals surface area (Å²) in [5, 5.41) is 12.1. The number of aromatic hydroxyl groups is 1. The van der Waals surface area contributed by atoms with E-state index in [1.807, 2.05) is 0 Å². The average Bonchev–Trinajstić information content (AvgIpc) is 2.56. The number of phenolic OH excluding ortho intramolecular Hbond substituents is 1. The number of amides is 4. The maximum absolute atomic E-state index is 12.8. The molecule has 0 atom stereocenters. The van der Waals surface area contributed by atoms with Crippen LogP contribution in [0.5, 0.6) is 5.75 Å². The number of aryl methyl sites for hydroxylation is 2. The number of urea groups is 1. The Bertz CT molecular complexity index is 958. The highest BCUT2D eigenvalue weighted by molar-refractivity contribution is 9.10. The van der Waals surface area contributed by atoms with Crippen LogP contribution >= 0.6 is 15.9 Å². The molecule has 6 nitrogen and oxygen atoms in total. The van der Waals surface area contributed by atoms with Crippen LogP contribution in [0.3, 0.4) is 0 Å². The van der Waals surface area contributed by atoms with E-state index in [1.165, 1.54) is 6.08 Å². The fourth-order valence-electron chi connectivity index (χ4n) is 2.75. The van der Waals surface area contributed by atoms with E-state index in [4.69, 9.17) is 0 Å². The van der Waals surface area contributed by atoms with Crippen LogP contribution in [0.4, 0.5) is 10.5 Å². The van der Waals surface area contributed by atoms with Gasteiger partial charge < -0.3 is 5.11 Å². The Balaban J connectivity index is 2.06. The molecular formula is C19H15BrN2O4. The summed E-state index contributed by atoms with van der Waals surface area (Å²) in [5.74, 6) is -1.30. The lowest BCUT2D eigenvalue weighted by molar-refractivity contribution is -0.122. The van der Waals surface area contributed by atoms with Crippen molar-refractivity contribution in [3.63, 3.8) is 0 Å². The molecule has 0 radical (unpaired) electrons. The minimum atomic E-state index is -0.798. The standard InChI is InChI=1S/C19H15BrN2O4/c1-10-6-12(7-11(2)16(10)23)8-15-17(24)21-19(26)22(18(15)25)14-5-3-4-13(20)9-14/h3-9,23H,1-2H3,(H,21,24,26)/b15-8+. The molecule has 0 aliphatic carbocycles. The minimum absolute atomic E-state index is 0.158. The van der Waals surface area contributed by atoms with E-state index in [-0.39, 0.29) is 11.3 Å². The third kappa shape index (κ3) is 3.25. The molecule has 0 saturated carbocycles. The van der Waals surface area contributed by atoms with Crippen molar-refractivity contribution < 1.29 is 19.5 Å². The van der Waals surface area contributed by atoms with Crippen molar-refractivity contribution in [2.45, 2.75) is 13.8 Å². The van der Waals surface area contributed by atoms with Crippen molar-refractivity contribution >= 4 is 45.5 Å². The molecule has 1 fully saturated rings. The highest BCUT2D eigenvalue weighted by atomic mass is 79.9. The molecule has 1 aliphatic rings. The van der Waals surface area contributed by atoms with Crippen molar-refractivity contribution in [1.29, 1.82) is 0 Å². The molecule has 132 valence electrons. The highest BCUT2D eigenvalue weighted by Crippen LogP contribution is 2.27. The van der Waals surface area contributed by atoms with Gasteiger partial charge in [-0.05, 0) is 66.9 Å². The first-order valence-electron chi connectivity index (χ1n) is 7.75. The maximum Gasteiger partial charge on any atom is 0.335 e. The number of nitrogens with one attached hydrogen (secondary N) is 1. The lowest BCUT2D eigenvalue weighted by atomic mass is 10.0. The predicted molar refractivity (Wildman–Crippen MR) is 101 cm³/mol. The number of benzene rings is 2. The van der Waals surface area contributed by atoms with Gasteiger partial charge in [0.2, 0.25) is 0 Å². The molecule has 7 heteroatoms. The Morgan fingerprint density at radius 2 is 1.73 bits per heavy atom. The highest BCUT2D eigenvalue weighted by Gasteiger charge is 2.36. The molecule has 2 aromatic carbocycles. The van der Waals surface area contributed by atoms with Gasteiger partial charge in [-0.1, -0.05) is 22.0 Å². The van der Waals surface area contributed by atoms with E-state index in [1.54, 1.807) is 50.2 Å². The second kappa shape index (κ2) is 6.76. The second-order valence-corrected chi connectivity index (χ2v) is 6.86. The van der Waals surface area contributed by atoms with Crippen molar-refractivity contribution in [1.82, 2.24) is 5.32 Å². The summed E-state index contributed by atoms with van der Waals surface area (Å²) in [4.78, 5) is 38.1. The Morgan fingerprint density at radius 1 is 1.08 bits per heavy atom. The van der Waals surface area contributed by atoms with Gasteiger partial charge in [0.05, 0.1) is 5.69 Å². The van der Waals surface area contributed by atoms with Crippen LogP contribution in [0.15, 0.2) is 46.4 Å². The predicted octanol–water partition coefficient (Wildman–Crippen LogP) is 3.44. The molecule has 1 saturated heterocycles. The van der Waals surface area contributed by atoms with E-state index in [2.05, 4.69) is 21.2 Å². The van der Waals surface area contributed by atoms with Crippen molar-refractivity contribution in [3.8, 4) is 5.75 Å². The molecule has 0 aromatic heterocycles. The number of hydrogen-bond acceptors (Lipinski definition) is 4. The minimum Gasteiger partial charge on any atom is -0.507 e. The van der Waals surface area contributed by atoms with Gasteiger partial charge in [0.15, 0.2) is 0 Å². The summed E-state index contributed by atoms with van der Waals surface area (Å²) in [7, 11) is 0. The Labute approximate surface area is 158 Å². The van der Waals surface area contributed by atoms with Crippen LogP contribution < -0.4 is 10.2 Å². The number of hydrogen-bond donors (Lipinski definition) is 2. The number of phenols is 1. The zero-order valence-corrected chi connectivity index (χ0v) is 15.6. The number of anilines is 1. The molecule has 0 unspecified atom stereocenters. The van der Waals surface area contributed by atoms with Crippen LogP contribution in [-0.2, 0) is 9.59 Å². The number of carbonyl (C=O) groups excluding carboxylic acids is 3. The van der Waals surface area contributed by atoms with Gasteiger partial charge in [-0.25, -0.2) is 9.69 Å². The number of imide groups is 2. The third-order valence-corrected chi connectivity index (χ3v) is 4.49. The molecule has 2 aromatic rings. The quantitative estimate of drug-likeness (QED) is 0.581. The third-order valence-electron chi connectivity index (χ3n) is 3.99. The van der Waals surface area contributed by atoms with Gasteiger partial charge in [0, 0.05) is 4.47 Å². The van der Waals surface area contributed by atoms with Gasteiger partial charge in [-0.3, -0.25) is 14.9 Å². The number of barbiturate groups is 1. The summed E-state index contributed by atoms with van der Waals surface area (Å²) in [6.45, 7) is 3.45. The first-order chi connectivity index (χ1) is 12.3. The number of carbonyl (C=O) groups is 3. The van der Waals surface area contributed by atoms with Crippen LogP contribution in [-0.4, -0.2) is 23.0 Å². The van der Waals surface area contributed by atoms with E-state index >= 15 is 0 Å². The van der Waals surface area contributed by atoms with E-state index in [0.29, 0.717) is 26.9 Å². The van der Waals surface area contributed by atoms with Gasteiger partial charge in [0.1, 0.15) is 11.3 Å². The zero-order valence-electron chi connectivity index (χ0n) is 14.0. The van der Waals surface area contributed by atoms with Gasteiger partial charge in [-0.15, -0.1) is 0 Å². The molecule has 0 bridgehead atoms. The Morgan fingerprint density at radius 3 is 2.35 bits per heavy atom. The van der Waals surface area contributed by atoms with Gasteiger partial charge in [-0.2, -0.15) is 0 Å². The number of halogens is 1. The molecule has 4 amide bonds. The topological polar surface area (TPSA) is 86.7 Å². The summed E-state index contributed by atoms with van der Waals surface area (Å²) in [5.41, 5.74) is 2.02. The first-order valence-corrected chi connectivity index (χ1v) is 8.54. The fourth-order valence-corrected chi connectivity index (χ4v) is 3.13. The van der Waals surface area contributed by atoms with Crippen molar-refractivity contribution in [2.75, 3.05) is 4.90 Å². The summed E-state index contributed by atoms with van der Waals surface area (Å²) in [6.07, 6.45) is 1.41. The molecule has 1 heterocycles. The normalized spacial score (nSPS) is 16.2. The van der Waals surface area contributed by atoms with Crippen molar-refractivity contribution in [2.24, 2.45) is 0 Å². The Kier molecular flexibility index (Phi) is 4.65. The lowest BCUT2D eigenvalue weighted by Gasteiger charge is -2.26. The van der Waals surface area contributed by atoms with E-state index in [0.717, 1.165) is 4.90 Å². The molecule has 1 aliphatic heterocycles. The molecular weight excluding hydrogens is 400 g/mol. The fraction of sp³-hybridized carbons (Fsp3) is 0.105. The number of nitrogens with zero attached hydrogens (tertiary/aromatic N) is 1. The number of rotatable bonds is 2. The van der Waals surface area contributed by atoms with Crippen molar-refractivity contribution in [3.05, 3.63) is 63.1 Å². The van der Waals surface area contributed by atoms with E-state index in [9.17, 15) is 19.5 Å². The molecule has 0 spiro atoms. The monoisotopic (exact) mass is 414 g/mol. The average molecular weight is 415 g/mol. The largest absolute Gasteiger partial charge is 0.507 e.